The minimum atomic E-state index is -1.07. The van der Waals surface area contributed by atoms with Crippen LogP contribution in [0.4, 0.5) is 0 Å². The summed E-state index contributed by atoms with van der Waals surface area (Å²) in [6.45, 7) is 4.02. The van der Waals surface area contributed by atoms with Gasteiger partial charge in [0.2, 0.25) is 0 Å². The van der Waals surface area contributed by atoms with Crippen molar-refractivity contribution in [2.75, 3.05) is 0 Å². The van der Waals surface area contributed by atoms with Crippen LogP contribution >= 0.6 is 0 Å². The Labute approximate surface area is 117 Å². The molecule has 3 heterocycles. The van der Waals surface area contributed by atoms with Gasteiger partial charge < -0.3 is 19.7 Å². The lowest BCUT2D eigenvalue weighted by Crippen LogP contribution is -2.48. The van der Waals surface area contributed by atoms with Crippen LogP contribution in [0.2, 0.25) is 0 Å². The summed E-state index contributed by atoms with van der Waals surface area (Å²) in [7, 11) is 0. The first-order valence-electron chi connectivity index (χ1n) is 7.27. The van der Waals surface area contributed by atoms with E-state index in [1.54, 1.807) is 0 Å². The number of rotatable bonds is 4. The van der Waals surface area contributed by atoms with E-state index >= 15 is 0 Å². The number of aliphatic carboxylic acids is 2. The Hall–Kier alpha value is -1.14. The van der Waals surface area contributed by atoms with E-state index in [0.29, 0.717) is 0 Å². The Morgan fingerprint density at radius 1 is 0.850 bits per heavy atom. The highest BCUT2D eigenvalue weighted by Gasteiger charge is 2.69. The molecule has 0 amide bonds. The van der Waals surface area contributed by atoms with Crippen molar-refractivity contribution >= 4 is 11.9 Å². The molecule has 3 saturated heterocycles. The van der Waals surface area contributed by atoms with Crippen LogP contribution in [0.5, 0.6) is 0 Å². The second-order valence-corrected chi connectivity index (χ2v) is 5.98. The topological polar surface area (TPSA) is 93.1 Å². The van der Waals surface area contributed by atoms with Crippen LogP contribution in [0.15, 0.2) is 0 Å². The van der Waals surface area contributed by atoms with Gasteiger partial charge in [-0.2, -0.15) is 0 Å². The second kappa shape index (κ2) is 4.70. The Balaban J connectivity index is 1.97. The van der Waals surface area contributed by atoms with Gasteiger partial charge in [0.15, 0.2) is 0 Å². The quantitative estimate of drug-likeness (QED) is 0.799. The van der Waals surface area contributed by atoms with E-state index in [2.05, 4.69) is 0 Å². The van der Waals surface area contributed by atoms with Crippen molar-refractivity contribution in [1.82, 2.24) is 0 Å². The molecule has 3 aliphatic rings. The highest BCUT2D eigenvalue weighted by molar-refractivity contribution is 5.82. The van der Waals surface area contributed by atoms with Gasteiger partial charge >= 0.3 is 11.9 Å². The maximum Gasteiger partial charge on any atom is 0.310 e. The summed E-state index contributed by atoms with van der Waals surface area (Å²) in [5.41, 5.74) is 0. The largest absolute Gasteiger partial charge is 0.481 e. The van der Waals surface area contributed by atoms with Gasteiger partial charge in [0.25, 0.3) is 0 Å². The number of fused-ring (bicyclic) bond motifs is 5. The van der Waals surface area contributed by atoms with Crippen molar-refractivity contribution in [3.05, 3.63) is 0 Å². The van der Waals surface area contributed by atoms with Gasteiger partial charge in [0, 0.05) is 11.8 Å². The lowest BCUT2D eigenvalue weighted by atomic mass is 9.65. The van der Waals surface area contributed by atoms with Crippen LogP contribution in [0.3, 0.4) is 0 Å². The van der Waals surface area contributed by atoms with E-state index in [1.165, 1.54) is 0 Å². The number of ether oxygens (including phenoxy) is 2. The normalized spacial score (nSPS) is 49.3. The van der Waals surface area contributed by atoms with Gasteiger partial charge in [-0.25, -0.2) is 0 Å². The summed E-state index contributed by atoms with van der Waals surface area (Å²) in [4.78, 5) is 22.9. The molecule has 6 nitrogen and oxygen atoms in total. The van der Waals surface area contributed by atoms with E-state index in [-0.39, 0.29) is 24.0 Å². The molecular formula is C14H20O6. The monoisotopic (exact) mass is 284 g/mol. The van der Waals surface area contributed by atoms with Crippen molar-refractivity contribution in [2.24, 2.45) is 23.7 Å². The number of carbonyl (C=O) groups is 2. The third-order valence-corrected chi connectivity index (χ3v) is 5.20. The maximum atomic E-state index is 11.5. The summed E-state index contributed by atoms with van der Waals surface area (Å²) in [6.07, 6.45) is 0.520. The standard InChI is InChI=1S/C14H20O6/c1-3-5-7-8(6(4-2)19-5)12-10(14(17)18)9(13(15)16)11(7)20-12/h5-12H,3-4H2,1-2H3,(H,15,16)(H,17,18). The molecule has 0 saturated carbocycles. The fourth-order valence-electron chi connectivity index (χ4n) is 4.51. The van der Waals surface area contributed by atoms with Crippen molar-refractivity contribution in [2.45, 2.75) is 51.1 Å². The highest BCUT2D eigenvalue weighted by atomic mass is 16.5. The van der Waals surface area contributed by atoms with Crippen molar-refractivity contribution in [3.8, 4) is 0 Å². The van der Waals surface area contributed by atoms with Gasteiger partial charge in [0.1, 0.15) is 0 Å². The maximum absolute atomic E-state index is 11.5. The number of hydrogen-bond acceptors (Lipinski definition) is 4. The average molecular weight is 284 g/mol. The predicted octanol–water partition coefficient (Wildman–Crippen LogP) is 0.989. The van der Waals surface area contributed by atoms with Crippen LogP contribution < -0.4 is 0 Å². The Bertz CT molecular complexity index is 397. The first kappa shape index (κ1) is 13.8. The van der Waals surface area contributed by atoms with E-state index in [4.69, 9.17) is 9.47 Å². The molecule has 2 bridgehead atoms. The van der Waals surface area contributed by atoms with Crippen LogP contribution in [0.1, 0.15) is 26.7 Å². The number of carboxylic acids is 2. The van der Waals surface area contributed by atoms with Crippen molar-refractivity contribution < 1.29 is 29.3 Å². The fourth-order valence-corrected chi connectivity index (χ4v) is 4.51. The number of carboxylic acid groups (broad SMARTS) is 2. The average Bonchev–Trinajstić information content (AvgIpc) is 3.05. The molecule has 6 heteroatoms. The van der Waals surface area contributed by atoms with E-state index < -0.39 is 36.0 Å². The molecule has 0 radical (unpaired) electrons. The molecule has 112 valence electrons. The van der Waals surface area contributed by atoms with Crippen LogP contribution in [-0.2, 0) is 19.1 Å². The summed E-state index contributed by atoms with van der Waals surface area (Å²) in [5.74, 6) is -4.01. The van der Waals surface area contributed by atoms with Crippen LogP contribution in [-0.4, -0.2) is 46.6 Å². The molecule has 2 N–H and O–H groups in total. The smallest absolute Gasteiger partial charge is 0.310 e. The fraction of sp³-hybridized carbons (Fsp3) is 0.857. The van der Waals surface area contributed by atoms with Gasteiger partial charge in [0.05, 0.1) is 36.3 Å². The summed E-state index contributed by atoms with van der Waals surface area (Å²) >= 11 is 0. The van der Waals surface area contributed by atoms with Crippen molar-refractivity contribution in [1.29, 1.82) is 0 Å². The summed E-state index contributed by atoms with van der Waals surface area (Å²) < 4.78 is 11.8. The lowest BCUT2D eigenvalue weighted by molar-refractivity contribution is -0.155. The van der Waals surface area contributed by atoms with Gasteiger partial charge in [-0.15, -0.1) is 0 Å². The molecule has 0 aromatic heterocycles. The molecule has 3 fully saturated rings. The first-order valence-corrected chi connectivity index (χ1v) is 7.27. The molecule has 8 atom stereocenters. The minimum absolute atomic E-state index is 0.0171. The predicted molar refractivity (Wildman–Crippen MR) is 67.1 cm³/mol. The Kier molecular flexibility index (Phi) is 3.25. The lowest BCUT2D eigenvalue weighted by Gasteiger charge is -2.32. The van der Waals surface area contributed by atoms with Crippen molar-refractivity contribution in [3.63, 3.8) is 0 Å². The van der Waals surface area contributed by atoms with Gasteiger partial charge in [-0.1, -0.05) is 13.8 Å². The van der Waals surface area contributed by atoms with Gasteiger partial charge in [-0.05, 0) is 12.8 Å². The molecule has 3 aliphatic heterocycles. The molecule has 0 aromatic carbocycles. The zero-order valence-corrected chi connectivity index (χ0v) is 11.6. The molecule has 20 heavy (non-hydrogen) atoms. The second-order valence-electron chi connectivity index (χ2n) is 5.98. The van der Waals surface area contributed by atoms with Crippen LogP contribution in [0.25, 0.3) is 0 Å². The summed E-state index contributed by atoms with van der Waals surface area (Å²) in [5, 5.41) is 18.7. The van der Waals surface area contributed by atoms with Crippen LogP contribution in [0, 0.1) is 23.7 Å². The van der Waals surface area contributed by atoms with E-state index in [0.717, 1.165) is 12.8 Å². The SMILES string of the molecule is CCC1OC(CC)C2C3OC(C(C(=O)O)C3C(=O)O)C12. The third kappa shape index (κ3) is 1.64. The number of hydrogen-bond donors (Lipinski definition) is 2. The van der Waals surface area contributed by atoms with Gasteiger partial charge in [-0.3, -0.25) is 9.59 Å². The molecule has 3 rings (SSSR count). The van der Waals surface area contributed by atoms with E-state index in [1.807, 2.05) is 13.8 Å². The molecule has 0 aliphatic carbocycles. The first-order chi connectivity index (χ1) is 9.51. The molecule has 0 aromatic rings. The highest BCUT2D eigenvalue weighted by Crippen LogP contribution is 2.57. The Morgan fingerprint density at radius 3 is 1.55 bits per heavy atom. The molecular weight excluding hydrogens is 264 g/mol. The zero-order valence-electron chi connectivity index (χ0n) is 11.6. The molecule has 8 unspecified atom stereocenters. The van der Waals surface area contributed by atoms with E-state index in [9.17, 15) is 19.8 Å². The zero-order chi connectivity index (χ0) is 14.6. The summed E-state index contributed by atoms with van der Waals surface area (Å²) in [6, 6.07) is 0. The Morgan fingerprint density at radius 2 is 1.25 bits per heavy atom. The minimum Gasteiger partial charge on any atom is -0.481 e. The third-order valence-electron chi connectivity index (χ3n) is 5.20. The molecule has 0 spiro atoms.